The topological polar surface area (TPSA) is 23.1 Å². The maximum atomic E-state index is 12.2. The van der Waals surface area contributed by atoms with Crippen molar-refractivity contribution in [3.63, 3.8) is 0 Å². The molecule has 0 atom stereocenters. The lowest BCUT2D eigenvalue weighted by Gasteiger charge is -2.45. The van der Waals surface area contributed by atoms with Crippen LogP contribution in [0.2, 0.25) is 0 Å². The molecule has 0 saturated carbocycles. The van der Waals surface area contributed by atoms with E-state index >= 15 is 0 Å². The third-order valence-corrected chi connectivity index (χ3v) is 3.28. The van der Waals surface area contributed by atoms with Crippen LogP contribution in [-0.4, -0.2) is 24.3 Å². The highest BCUT2D eigenvalue weighted by Crippen LogP contribution is 2.18. The molecule has 0 amide bonds. The fourth-order valence-electron chi connectivity index (χ4n) is 2.29. The number of hydroxylamine groups is 3. The Morgan fingerprint density at radius 2 is 1.67 bits per heavy atom. The maximum Gasteiger partial charge on any atom is 0.0824 e. The van der Waals surface area contributed by atoms with E-state index in [9.17, 15) is 5.21 Å². The quantitative estimate of drug-likeness (QED) is 0.549. The molecule has 0 aliphatic carbocycles. The largest absolute Gasteiger partial charge is 0.633 e. The Balaban J connectivity index is 1.87. The van der Waals surface area contributed by atoms with E-state index in [4.69, 9.17) is 0 Å². The van der Waals surface area contributed by atoms with Crippen molar-refractivity contribution in [1.29, 1.82) is 0 Å². The number of piperidine rings is 1. The van der Waals surface area contributed by atoms with Crippen LogP contribution < -0.4 is 0 Å². The van der Waals surface area contributed by atoms with Gasteiger partial charge in [-0.05, 0) is 24.8 Å². The lowest BCUT2D eigenvalue weighted by molar-refractivity contribution is -0.885. The van der Waals surface area contributed by atoms with Gasteiger partial charge in [0.05, 0.1) is 19.6 Å². The molecule has 1 aliphatic heterocycles. The molecule has 15 heavy (non-hydrogen) atoms. The number of rotatable bonds is 3. The summed E-state index contributed by atoms with van der Waals surface area (Å²) in [6.45, 7) is 2.41. The molecule has 2 rings (SSSR count). The van der Waals surface area contributed by atoms with Crippen LogP contribution in [0.15, 0.2) is 30.3 Å². The van der Waals surface area contributed by atoms with E-state index in [1.807, 2.05) is 18.2 Å². The summed E-state index contributed by atoms with van der Waals surface area (Å²) in [5, 5.41) is 12.2. The van der Waals surface area contributed by atoms with Crippen LogP contribution in [0.4, 0.5) is 0 Å². The fraction of sp³-hybridized carbons (Fsp3) is 0.538. The van der Waals surface area contributed by atoms with Crippen molar-refractivity contribution in [2.45, 2.75) is 25.7 Å². The van der Waals surface area contributed by atoms with E-state index in [0.717, 1.165) is 38.9 Å². The Morgan fingerprint density at radius 3 is 2.33 bits per heavy atom. The minimum atomic E-state index is 0.0366. The molecular formula is C13H19NO. The van der Waals surface area contributed by atoms with Gasteiger partial charge in [-0.1, -0.05) is 30.3 Å². The highest BCUT2D eigenvalue weighted by atomic mass is 16.5. The van der Waals surface area contributed by atoms with Gasteiger partial charge in [0.15, 0.2) is 0 Å². The first-order chi connectivity index (χ1) is 7.29. The van der Waals surface area contributed by atoms with E-state index < -0.39 is 0 Å². The average Bonchev–Trinajstić information content (AvgIpc) is 2.29. The summed E-state index contributed by atoms with van der Waals surface area (Å²) >= 11 is 0. The van der Waals surface area contributed by atoms with Crippen molar-refractivity contribution in [3.8, 4) is 0 Å². The molecule has 0 N–H and O–H groups in total. The first-order valence-corrected chi connectivity index (χ1v) is 5.90. The zero-order valence-corrected chi connectivity index (χ0v) is 9.19. The number of hydrogen-bond donors (Lipinski definition) is 0. The van der Waals surface area contributed by atoms with Crippen LogP contribution in [0, 0.1) is 5.21 Å². The highest BCUT2D eigenvalue weighted by molar-refractivity contribution is 5.14. The minimum Gasteiger partial charge on any atom is -0.633 e. The van der Waals surface area contributed by atoms with Gasteiger partial charge in [0.1, 0.15) is 0 Å². The van der Waals surface area contributed by atoms with E-state index in [0.29, 0.717) is 0 Å². The van der Waals surface area contributed by atoms with Gasteiger partial charge in [-0.25, -0.2) is 0 Å². The summed E-state index contributed by atoms with van der Waals surface area (Å²) in [7, 11) is 0. The molecule has 1 aliphatic rings. The zero-order chi connectivity index (χ0) is 10.6. The van der Waals surface area contributed by atoms with Gasteiger partial charge in [-0.15, -0.1) is 0 Å². The summed E-state index contributed by atoms with van der Waals surface area (Å²) in [5.41, 5.74) is 1.29. The van der Waals surface area contributed by atoms with Crippen LogP contribution >= 0.6 is 0 Å². The SMILES string of the molecule is [O-][N+]1(CCc2ccccc2)CCCCC1. The molecule has 0 aromatic heterocycles. The van der Waals surface area contributed by atoms with Gasteiger partial charge in [0.25, 0.3) is 0 Å². The molecule has 1 heterocycles. The summed E-state index contributed by atoms with van der Waals surface area (Å²) in [5.74, 6) is 0. The molecule has 2 nitrogen and oxygen atoms in total. The molecule has 0 unspecified atom stereocenters. The average molecular weight is 205 g/mol. The maximum absolute atomic E-state index is 12.2. The smallest absolute Gasteiger partial charge is 0.0824 e. The predicted octanol–water partition coefficient (Wildman–Crippen LogP) is 2.73. The Bertz CT molecular complexity index is 291. The first-order valence-electron chi connectivity index (χ1n) is 5.90. The van der Waals surface area contributed by atoms with E-state index in [1.165, 1.54) is 12.0 Å². The molecule has 1 fully saturated rings. The van der Waals surface area contributed by atoms with Gasteiger partial charge in [-0.2, -0.15) is 0 Å². The van der Waals surface area contributed by atoms with Gasteiger partial charge in [-0.3, -0.25) is 0 Å². The van der Waals surface area contributed by atoms with Crippen molar-refractivity contribution in [3.05, 3.63) is 41.1 Å². The predicted molar refractivity (Wildman–Crippen MR) is 62.2 cm³/mol. The third kappa shape index (κ3) is 3.05. The highest BCUT2D eigenvalue weighted by Gasteiger charge is 2.19. The summed E-state index contributed by atoms with van der Waals surface area (Å²) in [6.07, 6.45) is 4.38. The van der Waals surface area contributed by atoms with Crippen molar-refractivity contribution in [2.24, 2.45) is 0 Å². The fourth-order valence-corrected chi connectivity index (χ4v) is 2.29. The van der Waals surface area contributed by atoms with Crippen molar-refractivity contribution in [2.75, 3.05) is 19.6 Å². The second kappa shape index (κ2) is 4.77. The van der Waals surface area contributed by atoms with Crippen molar-refractivity contribution < 1.29 is 4.65 Å². The summed E-state index contributed by atoms with van der Waals surface area (Å²) in [4.78, 5) is 0. The lowest BCUT2D eigenvalue weighted by Crippen LogP contribution is -2.47. The van der Waals surface area contributed by atoms with Crippen molar-refractivity contribution in [1.82, 2.24) is 0 Å². The summed E-state index contributed by atoms with van der Waals surface area (Å²) < 4.78 is 0.0366. The van der Waals surface area contributed by atoms with E-state index in [2.05, 4.69) is 12.1 Å². The van der Waals surface area contributed by atoms with E-state index in [1.54, 1.807) is 0 Å². The molecule has 1 aromatic carbocycles. The standard InChI is InChI=1S/C13H19NO/c15-14(10-5-2-6-11-14)12-9-13-7-3-1-4-8-13/h1,3-4,7-8H,2,5-6,9-12H2. The monoisotopic (exact) mass is 205 g/mol. The molecule has 1 aromatic rings. The Morgan fingerprint density at radius 1 is 1.00 bits per heavy atom. The Labute approximate surface area is 91.7 Å². The normalized spacial score (nSPS) is 20.1. The van der Waals surface area contributed by atoms with Gasteiger partial charge in [0.2, 0.25) is 0 Å². The molecule has 0 bridgehead atoms. The first kappa shape index (κ1) is 10.7. The van der Waals surface area contributed by atoms with Gasteiger partial charge in [0, 0.05) is 6.42 Å². The summed E-state index contributed by atoms with van der Waals surface area (Å²) in [6, 6.07) is 10.3. The third-order valence-electron chi connectivity index (χ3n) is 3.28. The van der Waals surface area contributed by atoms with Gasteiger partial charge >= 0.3 is 0 Å². The number of quaternary nitrogens is 1. The second-order valence-corrected chi connectivity index (χ2v) is 4.53. The van der Waals surface area contributed by atoms with Crippen LogP contribution in [0.1, 0.15) is 24.8 Å². The van der Waals surface area contributed by atoms with E-state index in [-0.39, 0.29) is 4.65 Å². The number of nitrogens with zero attached hydrogens (tertiary/aromatic N) is 1. The van der Waals surface area contributed by atoms with Crippen LogP contribution in [0.25, 0.3) is 0 Å². The minimum absolute atomic E-state index is 0.0366. The van der Waals surface area contributed by atoms with Crippen LogP contribution in [0.5, 0.6) is 0 Å². The molecule has 0 spiro atoms. The van der Waals surface area contributed by atoms with Crippen LogP contribution in [0.3, 0.4) is 0 Å². The zero-order valence-electron chi connectivity index (χ0n) is 9.19. The molecule has 2 heteroatoms. The Hall–Kier alpha value is -0.860. The second-order valence-electron chi connectivity index (χ2n) is 4.53. The lowest BCUT2D eigenvalue weighted by atomic mass is 10.1. The molecule has 82 valence electrons. The number of benzene rings is 1. The molecule has 1 saturated heterocycles. The van der Waals surface area contributed by atoms with Crippen molar-refractivity contribution >= 4 is 0 Å². The molecule has 0 radical (unpaired) electrons. The van der Waals surface area contributed by atoms with Gasteiger partial charge < -0.3 is 9.85 Å². The molecular weight excluding hydrogens is 186 g/mol. The van der Waals surface area contributed by atoms with Crippen LogP contribution in [-0.2, 0) is 6.42 Å². The number of likely N-dealkylation sites (tertiary alicyclic amines) is 1. The Kier molecular flexibility index (Phi) is 3.39. The number of hydrogen-bond acceptors (Lipinski definition) is 1.